The molecule has 0 saturated carbocycles. The number of halogens is 1. The maximum absolute atomic E-state index is 13.9. The lowest BCUT2D eigenvalue weighted by Crippen LogP contribution is -2.23. The maximum atomic E-state index is 13.9. The Morgan fingerprint density at radius 3 is 2.61 bits per heavy atom. The van der Waals surface area contributed by atoms with Crippen molar-refractivity contribution in [3.05, 3.63) is 65.6 Å². The Bertz CT molecular complexity index is 1400. The van der Waals surface area contributed by atoms with Gasteiger partial charge < -0.3 is 19.3 Å². The highest BCUT2D eigenvalue weighted by atomic mass is 31.1. The summed E-state index contributed by atoms with van der Waals surface area (Å²) in [5.41, 5.74) is 2.05. The number of esters is 1. The van der Waals surface area contributed by atoms with E-state index in [0.29, 0.717) is 45.1 Å². The molecule has 1 aliphatic rings. The molecule has 0 bridgehead atoms. The zero-order valence-corrected chi connectivity index (χ0v) is 21.9. The molecule has 8 nitrogen and oxygen atoms in total. The van der Waals surface area contributed by atoms with Gasteiger partial charge in [-0.3, -0.25) is 9.78 Å². The van der Waals surface area contributed by atoms with Crippen LogP contribution in [-0.2, 0) is 18.6 Å². The molecular weight excluding hydrogens is 512 g/mol. The molecule has 196 valence electrons. The van der Waals surface area contributed by atoms with Gasteiger partial charge >= 0.3 is 14.0 Å². The summed E-state index contributed by atoms with van der Waals surface area (Å²) in [5.74, 6) is -0.405. The van der Waals surface area contributed by atoms with Crippen LogP contribution in [0.4, 0.5) is 4.39 Å². The van der Waals surface area contributed by atoms with Gasteiger partial charge in [-0.25, -0.2) is 4.39 Å². The molecule has 0 spiro atoms. The second-order valence-corrected chi connectivity index (χ2v) is 10.3. The third kappa shape index (κ3) is 5.53. The lowest BCUT2D eigenvalue weighted by molar-refractivity contribution is -0.139. The van der Waals surface area contributed by atoms with Gasteiger partial charge in [0, 0.05) is 11.1 Å². The fraction of sp³-hybridized carbons (Fsp3) is 0.286. The van der Waals surface area contributed by atoms with Gasteiger partial charge in [-0.1, -0.05) is 38.5 Å². The van der Waals surface area contributed by atoms with Crippen LogP contribution in [0.3, 0.4) is 0 Å². The van der Waals surface area contributed by atoms with Gasteiger partial charge in [-0.2, -0.15) is 0 Å². The number of ether oxygens (including phenoxy) is 3. The first-order valence-electron chi connectivity index (χ1n) is 11.8. The van der Waals surface area contributed by atoms with E-state index in [1.165, 1.54) is 19.2 Å². The van der Waals surface area contributed by atoms with Gasteiger partial charge in [0.1, 0.15) is 18.0 Å². The minimum Gasteiger partial charge on any atom is -0.454 e. The van der Waals surface area contributed by atoms with Crippen molar-refractivity contribution < 1.29 is 37.6 Å². The van der Waals surface area contributed by atoms with Crippen LogP contribution >= 0.6 is 8.03 Å². The van der Waals surface area contributed by atoms with Gasteiger partial charge in [-0.05, 0) is 51.9 Å². The molecule has 0 radical (unpaired) electrons. The van der Waals surface area contributed by atoms with Crippen molar-refractivity contribution in [3.63, 3.8) is 0 Å². The van der Waals surface area contributed by atoms with E-state index in [1.807, 2.05) is 26.0 Å². The summed E-state index contributed by atoms with van der Waals surface area (Å²) >= 11 is 0. The average molecular weight is 538 g/mol. The monoisotopic (exact) mass is 538 g/mol. The normalized spacial score (nSPS) is 14.1. The molecule has 1 N–H and O–H groups in total. The van der Waals surface area contributed by atoms with Crippen molar-refractivity contribution in [2.45, 2.75) is 37.9 Å². The van der Waals surface area contributed by atoms with E-state index in [2.05, 4.69) is 4.74 Å². The molecule has 3 atom stereocenters. The van der Waals surface area contributed by atoms with Crippen LogP contribution in [-0.4, -0.2) is 36.1 Å². The second kappa shape index (κ2) is 11.7. The smallest absolute Gasteiger partial charge is 0.454 e. The number of rotatable bonds is 9. The Morgan fingerprint density at radius 2 is 1.95 bits per heavy atom. The summed E-state index contributed by atoms with van der Waals surface area (Å²) in [6.45, 7) is 3.87. The molecule has 1 aliphatic heterocycles. The van der Waals surface area contributed by atoms with Crippen LogP contribution in [0.15, 0.2) is 48.5 Å². The lowest BCUT2D eigenvalue weighted by atomic mass is 9.88. The molecule has 1 aromatic heterocycles. The second-order valence-electron chi connectivity index (χ2n) is 8.83. The SMILES string of the molecule is C#COC(=O)CC(O)C(c1c(-c2ccc(F)cc2)cc(-c2cccc3c2OCO3)nc1C(C)C)[P+](=O)OC. The summed E-state index contributed by atoms with van der Waals surface area (Å²) in [6.07, 6.45) is 4.81. The van der Waals surface area contributed by atoms with Crippen LogP contribution in [0.25, 0.3) is 22.4 Å². The number of terminal acetylenes is 1. The Labute approximate surface area is 220 Å². The standard InChI is InChI=1S/C28H26FNO7P/c1-5-35-24(32)14-22(31)28(38(33)34-4)25-20(17-9-11-18(29)12-10-17)13-21(30-26(25)16(2)3)19-7-6-8-23-27(19)37-15-36-23/h1,6-13,16,22,28,31H,14-15H2,2-4H3/q+1. The molecule has 3 unspecified atom stereocenters. The third-order valence-corrected chi connectivity index (χ3v) is 7.50. The first-order valence-corrected chi connectivity index (χ1v) is 13.0. The molecule has 0 aliphatic carbocycles. The Hall–Kier alpha value is -3.83. The van der Waals surface area contributed by atoms with Crippen molar-refractivity contribution in [2.24, 2.45) is 0 Å². The molecule has 3 aromatic rings. The number of fused-ring (bicyclic) bond motifs is 1. The quantitative estimate of drug-likeness (QED) is 0.210. The molecule has 0 amide bonds. The van der Waals surface area contributed by atoms with E-state index in [-0.39, 0.29) is 12.7 Å². The number of para-hydroxylation sites is 1. The number of aliphatic hydroxyl groups is 1. The highest BCUT2D eigenvalue weighted by molar-refractivity contribution is 7.39. The maximum Gasteiger partial charge on any atom is 0.518 e. The number of pyridine rings is 1. The Kier molecular flexibility index (Phi) is 8.38. The fourth-order valence-electron chi connectivity index (χ4n) is 4.41. The highest BCUT2D eigenvalue weighted by Crippen LogP contribution is 2.51. The van der Waals surface area contributed by atoms with Crippen LogP contribution in [0.1, 0.15) is 43.1 Å². The molecule has 0 fully saturated rings. The average Bonchev–Trinajstić information content (AvgIpc) is 3.38. The number of carbonyl (C=O) groups is 1. The number of benzene rings is 2. The molecule has 10 heteroatoms. The summed E-state index contributed by atoms with van der Waals surface area (Å²) in [4.78, 5) is 17.0. The van der Waals surface area contributed by atoms with Crippen LogP contribution in [0.2, 0.25) is 0 Å². The number of aromatic nitrogens is 1. The summed E-state index contributed by atoms with van der Waals surface area (Å²) < 4.78 is 48.1. The third-order valence-electron chi connectivity index (χ3n) is 6.08. The van der Waals surface area contributed by atoms with E-state index in [9.17, 15) is 18.9 Å². The highest BCUT2D eigenvalue weighted by Gasteiger charge is 2.45. The van der Waals surface area contributed by atoms with Crippen molar-refractivity contribution in [1.82, 2.24) is 4.98 Å². The predicted molar refractivity (Wildman–Crippen MR) is 138 cm³/mol. The minimum atomic E-state index is -2.54. The molecule has 0 saturated heterocycles. The molecule has 2 heterocycles. The van der Waals surface area contributed by atoms with Crippen molar-refractivity contribution in [1.29, 1.82) is 0 Å². The van der Waals surface area contributed by atoms with Gasteiger partial charge in [0.2, 0.25) is 12.5 Å². The van der Waals surface area contributed by atoms with E-state index >= 15 is 0 Å². The zero-order chi connectivity index (χ0) is 27.4. The van der Waals surface area contributed by atoms with E-state index in [1.54, 1.807) is 30.4 Å². The van der Waals surface area contributed by atoms with Gasteiger partial charge in [0.25, 0.3) is 0 Å². The van der Waals surface area contributed by atoms with Gasteiger partial charge in [0.05, 0.1) is 24.9 Å². The number of carbonyl (C=O) groups excluding carboxylic acids is 1. The Morgan fingerprint density at radius 1 is 1.21 bits per heavy atom. The number of nitrogens with zero attached hydrogens (tertiary/aromatic N) is 1. The largest absolute Gasteiger partial charge is 0.518 e. The topological polar surface area (TPSA) is 104 Å². The van der Waals surface area contributed by atoms with Gasteiger partial charge in [-0.15, -0.1) is 4.52 Å². The fourth-order valence-corrected chi connectivity index (χ4v) is 5.50. The van der Waals surface area contributed by atoms with Crippen molar-refractivity contribution in [2.75, 3.05) is 13.9 Å². The van der Waals surface area contributed by atoms with Gasteiger partial charge in [0.15, 0.2) is 11.5 Å². The summed E-state index contributed by atoms with van der Waals surface area (Å²) in [5, 5.41) is 11.1. The van der Waals surface area contributed by atoms with Crippen LogP contribution < -0.4 is 9.47 Å². The zero-order valence-electron chi connectivity index (χ0n) is 21.0. The number of aliphatic hydroxyl groups excluding tert-OH is 1. The molecule has 2 aromatic carbocycles. The number of hydrogen-bond acceptors (Lipinski definition) is 8. The van der Waals surface area contributed by atoms with Crippen molar-refractivity contribution >= 4 is 14.0 Å². The number of hydrogen-bond donors (Lipinski definition) is 1. The molecule has 4 rings (SSSR count). The summed E-state index contributed by atoms with van der Waals surface area (Å²) in [6, 6.07) is 13.0. The summed E-state index contributed by atoms with van der Waals surface area (Å²) in [7, 11) is -1.29. The van der Waals surface area contributed by atoms with E-state index in [0.717, 1.165) is 0 Å². The molecule has 38 heavy (non-hydrogen) atoms. The van der Waals surface area contributed by atoms with E-state index in [4.69, 9.17) is 25.4 Å². The van der Waals surface area contributed by atoms with E-state index < -0.39 is 38.0 Å². The predicted octanol–water partition coefficient (Wildman–Crippen LogP) is 5.72. The molecular formula is C28H26FNO7P+. The first-order chi connectivity index (χ1) is 18.2. The van der Waals surface area contributed by atoms with Crippen molar-refractivity contribution in [3.8, 4) is 46.4 Å². The lowest BCUT2D eigenvalue weighted by Gasteiger charge is -2.23. The first kappa shape index (κ1) is 27.2. The Balaban J connectivity index is 2.00. The minimum absolute atomic E-state index is 0.0720. The van der Waals surface area contributed by atoms with Crippen LogP contribution in [0.5, 0.6) is 11.5 Å². The van der Waals surface area contributed by atoms with Crippen LogP contribution in [0, 0.1) is 18.3 Å².